The Morgan fingerprint density at radius 2 is 2.25 bits per heavy atom. The van der Waals surface area contributed by atoms with Gasteiger partial charge in [-0.2, -0.15) is 0 Å². The Hall–Kier alpha value is -0.0800. The van der Waals surface area contributed by atoms with Gasteiger partial charge in [-0.25, -0.2) is 0 Å². The van der Waals surface area contributed by atoms with Crippen molar-refractivity contribution in [2.24, 2.45) is 5.92 Å². The number of hydrogen-bond donors (Lipinski definition) is 2. The molecule has 0 aromatic carbocycles. The maximum absolute atomic E-state index is 8.30. The van der Waals surface area contributed by atoms with Gasteiger partial charge in [-0.15, -0.1) is 0 Å². The van der Waals surface area contributed by atoms with Crippen LogP contribution < -0.4 is 5.32 Å². The van der Waals surface area contributed by atoms with Crippen molar-refractivity contribution in [2.75, 3.05) is 13.3 Å². The molecule has 0 aromatic rings. The van der Waals surface area contributed by atoms with Crippen LogP contribution in [0.3, 0.4) is 0 Å². The van der Waals surface area contributed by atoms with Crippen LogP contribution in [0, 0.1) is 5.92 Å². The van der Waals surface area contributed by atoms with Crippen molar-refractivity contribution in [2.45, 2.75) is 20.3 Å². The van der Waals surface area contributed by atoms with Crippen molar-refractivity contribution in [3.05, 3.63) is 0 Å². The molecule has 2 heteroatoms. The van der Waals surface area contributed by atoms with Crippen molar-refractivity contribution in [3.63, 3.8) is 0 Å². The second-order valence-corrected chi connectivity index (χ2v) is 2.13. The van der Waals surface area contributed by atoms with E-state index in [2.05, 4.69) is 19.2 Å². The Bertz CT molecular complexity index is 47.8. The van der Waals surface area contributed by atoms with Gasteiger partial charge in [-0.05, 0) is 12.5 Å². The topological polar surface area (TPSA) is 32.3 Å². The smallest absolute Gasteiger partial charge is 0.0931 e. The van der Waals surface area contributed by atoms with Crippen LogP contribution in [0.4, 0.5) is 0 Å². The van der Waals surface area contributed by atoms with E-state index in [1.54, 1.807) is 0 Å². The summed E-state index contributed by atoms with van der Waals surface area (Å²) in [5.74, 6) is 0.683. The van der Waals surface area contributed by atoms with E-state index < -0.39 is 0 Å². The molecule has 0 aliphatic carbocycles. The summed E-state index contributed by atoms with van der Waals surface area (Å²) in [6.45, 7) is 5.32. The first-order chi connectivity index (χ1) is 3.81. The lowest BCUT2D eigenvalue weighted by atomic mass is 10.1. The summed E-state index contributed by atoms with van der Waals surface area (Å²) in [4.78, 5) is 0. The highest BCUT2D eigenvalue weighted by molar-refractivity contribution is 4.50. The summed E-state index contributed by atoms with van der Waals surface area (Å²) >= 11 is 0. The molecule has 0 rings (SSSR count). The van der Waals surface area contributed by atoms with Gasteiger partial charge in [0.2, 0.25) is 0 Å². The van der Waals surface area contributed by atoms with Gasteiger partial charge in [-0.3, -0.25) is 5.32 Å². The largest absolute Gasteiger partial charge is 0.381 e. The highest BCUT2D eigenvalue weighted by atomic mass is 16.3. The standard InChI is InChI=1S/C6H15NO/c1-3-6(2)4-7-5-8/h6-8H,3-5H2,1-2H3. The van der Waals surface area contributed by atoms with Crippen molar-refractivity contribution in [3.8, 4) is 0 Å². The number of rotatable bonds is 4. The second-order valence-electron chi connectivity index (χ2n) is 2.13. The monoisotopic (exact) mass is 117 g/mol. The van der Waals surface area contributed by atoms with Gasteiger partial charge in [0.25, 0.3) is 0 Å². The molecular weight excluding hydrogens is 102 g/mol. The molecule has 0 radical (unpaired) electrons. The third-order valence-electron chi connectivity index (χ3n) is 1.30. The molecule has 0 fully saturated rings. The van der Waals surface area contributed by atoms with Gasteiger partial charge in [0.05, 0.1) is 6.73 Å². The van der Waals surface area contributed by atoms with Crippen LogP contribution in [0.15, 0.2) is 0 Å². The zero-order valence-corrected chi connectivity index (χ0v) is 5.65. The summed E-state index contributed by atoms with van der Waals surface area (Å²) < 4.78 is 0. The van der Waals surface area contributed by atoms with E-state index in [-0.39, 0.29) is 6.73 Å². The first kappa shape index (κ1) is 7.92. The quantitative estimate of drug-likeness (QED) is 0.528. The first-order valence-electron chi connectivity index (χ1n) is 3.12. The average molecular weight is 117 g/mol. The minimum Gasteiger partial charge on any atom is -0.381 e. The summed E-state index contributed by atoms with van der Waals surface area (Å²) in [7, 11) is 0. The summed E-state index contributed by atoms with van der Waals surface area (Å²) in [6, 6.07) is 0. The van der Waals surface area contributed by atoms with Gasteiger partial charge >= 0.3 is 0 Å². The predicted octanol–water partition coefficient (Wildman–Crippen LogP) is 0.572. The Labute approximate surface area is 50.9 Å². The van der Waals surface area contributed by atoms with E-state index in [1.807, 2.05) is 0 Å². The summed E-state index contributed by atoms with van der Waals surface area (Å²) in [5, 5.41) is 11.2. The van der Waals surface area contributed by atoms with Crippen molar-refractivity contribution < 1.29 is 5.11 Å². The van der Waals surface area contributed by atoms with E-state index >= 15 is 0 Å². The highest BCUT2D eigenvalue weighted by Crippen LogP contribution is 1.95. The third kappa shape index (κ3) is 4.09. The predicted molar refractivity (Wildman–Crippen MR) is 34.5 cm³/mol. The zero-order valence-electron chi connectivity index (χ0n) is 5.65. The summed E-state index contributed by atoms with van der Waals surface area (Å²) in [6.07, 6.45) is 1.17. The van der Waals surface area contributed by atoms with Gasteiger partial charge in [0, 0.05) is 0 Å². The van der Waals surface area contributed by atoms with Gasteiger partial charge in [0.15, 0.2) is 0 Å². The minimum absolute atomic E-state index is 0.102. The van der Waals surface area contributed by atoms with Crippen molar-refractivity contribution in [1.82, 2.24) is 5.32 Å². The van der Waals surface area contributed by atoms with E-state index in [0.717, 1.165) is 6.54 Å². The van der Waals surface area contributed by atoms with E-state index in [0.29, 0.717) is 5.92 Å². The fourth-order valence-corrected chi connectivity index (χ4v) is 0.455. The highest BCUT2D eigenvalue weighted by Gasteiger charge is 1.93. The molecule has 2 N–H and O–H groups in total. The second kappa shape index (κ2) is 5.06. The maximum Gasteiger partial charge on any atom is 0.0931 e. The third-order valence-corrected chi connectivity index (χ3v) is 1.30. The van der Waals surface area contributed by atoms with Crippen LogP contribution in [0.2, 0.25) is 0 Å². The molecule has 1 atom stereocenters. The van der Waals surface area contributed by atoms with Crippen molar-refractivity contribution >= 4 is 0 Å². The summed E-state index contributed by atoms with van der Waals surface area (Å²) in [5.41, 5.74) is 0. The normalized spacial score (nSPS) is 13.9. The lowest BCUT2D eigenvalue weighted by molar-refractivity contribution is 0.251. The van der Waals surface area contributed by atoms with E-state index in [1.165, 1.54) is 6.42 Å². The number of nitrogens with one attached hydrogen (secondary N) is 1. The van der Waals surface area contributed by atoms with Crippen LogP contribution in [-0.4, -0.2) is 18.4 Å². The Balaban J connectivity index is 2.86. The zero-order chi connectivity index (χ0) is 6.41. The molecule has 8 heavy (non-hydrogen) atoms. The SMILES string of the molecule is CCC(C)CNCO. The van der Waals surface area contributed by atoms with Crippen molar-refractivity contribution in [1.29, 1.82) is 0 Å². The van der Waals surface area contributed by atoms with Crippen LogP contribution in [0.25, 0.3) is 0 Å². The van der Waals surface area contributed by atoms with E-state index in [9.17, 15) is 0 Å². The minimum atomic E-state index is 0.102. The van der Waals surface area contributed by atoms with Crippen LogP contribution in [-0.2, 0) is 0 Å². The fourth-order valence-electron chi connectivity index (χ4n) is 0.455. The molecule has 0 aliphatic rings. The Morgan fingerprint density at radius 1 is 1.62 bits per heavy atom. The molecular formula is C6H15NO. The first-order valence-corrected chi connectivity index (χ1v) is 3.12. The molecule has 1 unspecified atom stereocenters. The fraction of sp³-hybridized carbons (Fsp3) is 1.00. The average Bonchev–Trinajstić information content (AvgIpc) is 1.83. The van der Waals surface area contributed by atoms with Gasteiger partial charge in [0.1, 0.15) is 0 Å². The van der Waals surface area contributed by atoms with Crippen LogP contribution >= 0.6 is 0 Å². The number of hydrogen-bond acceptors (Lipinski definition) is 2. The Kier molecular flexibility index (Phi) is 5.01. The number of aliphatic hydroxyl groups is 1. The maximum atomic E-state index is 8.30. The number of aliphatic hydroxyl groups excluding tert-OH is 1. The molecule has 0 heterocycles. The molecule has 0 saturated heterocycles. The molecule has 0 amide bonds. The molecule has 2 nitrogen and oxygen atoms in total. The van der Waals surface area contributed by atoms with E-state index in [4.69, 9.17) is 5.11 Å². The van der Waals surface area contributed by atoms with Crippen LogP contribution in [0.5, 0.6) is 0 Å². The lowest BCUT2D eigenvalue weighted by Crippen LogP contribution is -2.21. The molecule has 0 bridgehead atoms. The molecule has 0 aliphatic heterocycles. The molecule has 0 saturated carbocycles. The molecule has 0 spiro atoms. The van der Waals surface area contributed by atoms with Gasteiger partial charge in [-0.1, -0.05) is 20.3 Å². The van der Waals surface area contributed by atoms with Crippen LogP contribution in [0.1, 0.15) is 20.3 Å². The molecule has 50 valence electrons. The Morgan fingerprint density at radius 3 is 2.62 bits per heavy atom. The lowest BCUT2D eigenvalue weighted by Gasteiger charge is -2.06. The van der Waals surface area contributed by atoms with Gasteiger partial charge < -0.3 is 5.11 Å². The molecule has 0 aromatic heterocycles.